The van der Waals surface area contributed by atoms with Crippen molar-refractivity contribution in [1.82, 2.24) is 10.6 Å². The highest BCUT2D eigenvalue weighted by molar-refractivity contribution is 5.95. The van der Waals surface area contributed by atoms with E-state index in [4.69, 9.17) is 0 Å². The highest BCUT2D eigenvalue weighted by Gasteiger charge is 2.21. The van der Waals surface area contributed by atoms with Crippen LogP contribution in [0.15, 0.2) is 24.3 Å². The van der Waals surface area contributed by atoms with Crippen molar-refractivity contribution >= 4 is 23.4 Å². The van der Waals surface area contributed by atoms with Crippen LogP contribution in [0, 0.1) is 0 Å². The van der Waals surface area contributed by atoms with Crippen molar-refractivity contribution < 1.29 is 14.4 Å². The summed E-state index contributed by atoms with van der Waals surface area (Å²) >= 11 is 0. The summed E-state index contributed by atoms with van der Waals surface area (Å²) in [6.45, 7) is 4.78. The number of carbonyl (C=O) groups is 3. The van der Waals surface area contributed by atoms with Gasteiger partial charge < -0.3 is 15.5 Å². The van der Waals surface area contributed by atoms with Gasteiger partial charge in [0.1, 0.15) is 6.04 Å². The summed E-state index contributed by atoms with van der Waals surface area (Å²) in [6.07, 6.45) is 1.69. The fraction of sp³-hybridized carbons (Fsp3) is 0.471. The van der Waals surface area contributed by atoms with Gasteiger partial charge in [0, 0.05) is 25.2 Å². The van der Waals surface area contributed by atoms with E-state index in [1.54, 1.807) is 11.8 Å². The van der Waals surface area contributed by atoms with Gasteiger partial charge in [-0.15, -0.1) is 0 Å². The van der Waals surface area contributed by atoms with Gasteiger partial charge >= 0.3 is 0 Å². The van der Waals surface area contributed by atoms with Crippen molar-refractivity contribution in [3.63, 3.8) is 0 Å². The van der Waals surface area contributed by atoms with E-state index in [1.807, 2.05) is 31.2 Å². The van der Waals surface area contributed by atoms with Crippen LogP contribution in [-0.2, 0) is 20.8 Å². The largest absolute Gasteiger partial charge is 0.355 e. The van der Waals surface area contributed by atoms with Crippen LogP contribution in [0.3, 0.4) is 0 Å². The minimum absolute atomic E-state index is 0.145. The predicted molar refractivity (Wildman–Crippen MR) is 88.0 cm³/mol. The number of likely N-dealkylation sites (N-methyl/N-ethyl adjacent to an activating group) is 1. The molecule has 0 spiro atoms. The molecule has 1 aromatic carbocycles. The van der Waals surface area contributed by atoms with Gasteiger partial charge in [0.2, 0.25) is 17.7 Å². The third kappa shape index (κ3) is 4.55. The molecule has 1 aliphatic heterocycles. The van der Waals surface area contributed by atoms with Crippen molar-refractivity contribution in [2.24, 2.45) is 0 Å². The molecule has 1 aliphatic rings. The molecule has 1 aromatic rings. The van der Waals surface area contributed by atoms with Gasteiger partial charge in [-0.1, -0.05) is 12.1 Å². The van der Waals surface area contributed by atoms with Crippen LogP contribution in [0.1, 0.15) is 32.3 Å². The van der Waals surface area contributed by atoms with E-state index in [0.717, 1.165) is 24.2 Å². The Kier molecular flexibility index (Phi) is 5.73. The lowest BCUT2D eigenvalue weighted by Gasteiger charge is -2.16. The fourth-order valence-corrected chi connectivity index (χ4v) is 2.59. The monoisotopic (exact) mass is 317 g/mol. The molecule has 0 saturated carbocycles. The quantitative estimate of drug-likeness (QED) is 0.821. The number of anilines is 1. The van der Waals surface area contributed by atoms with Crippen LogP contribution in [0.5, 0.6) is 0 Å². The maximum Gasteiger partial charge on any atom is 0.242 e. The second-order valence-corrected chi connectivity index (χ2v) is 5.68. The number of hydrogen-bond acceptors (Lipinski definition) is 3. The highest BCUT2D eigenvalue weighted by Crippen LogP contribution is 2.21. The molecule has 2 N–H and O–H groups in total. The van der Waals surface area contributed by atoms with Gasteiger partial charge in [-0.3, -0.25) is 14.4 Å². The van der Waals surface area contributed by atoms with Crippen LogP contribution in [0.4, 0.5) is 5.69 Å². The Bertz CT molecular complexity index is 583. The van der Waals surface area contributed by atoms with Crippen molar-refractivity contribution in [1.29, 1.82) is 0 Å². The first-order valence-electron chi connectivity index (χ1n) is 7.97. The Hall–Kier alpha value is -2.37. The number of benzene rings is 1. The Labute approximate surface area is 136 Å². The van der Waals surface area contributed by atoms with E-state index in [9.17, 15) is 14.4 Å². The first kappa shape index (κ1) is 17.0. The molecular formula is C17H23N3O3. The third-order valence-electron chi connectivity index (χ3n) is 3.81. The SMILES string of the molecule is CCNC(=O)[C@H](C)NC(=O)Cc1ccc(N2CCCC2=O)cc1. The van der Waals surface area contributed by atoms with Crippen molar-refractivity contribution in [3.05, 3.63) is 29.8 Å². The second-order valence-electron chi connectivity index (χ2n) is 5.68. The summed E-state index contributed by atoms with van der Waals surface area (Å²) in [4.78, 5) is 37.0. The lowest BCUT2D eigenvalue weighted by Crippen LogP contribution is -2.45. The Balaban J connectivity index is 1.89. The van der Waals surface area contributed by atoms with Gasteiger partial charge in [-0.25, -0.2) is 0 Å². The van der Waals surface area contributed by atoms with Crippen LogP contribution in [-0.4, -0.2) is 36.9 Å². The lowest BCUT2D eigenvalue weighted by molar-refractivity contribution is -0.128. The molecule has 1 fully saturated rings. The highest BCUT2D eigenvalue weighted by atomic mass is 16.2. The molecule has 1 saturated heterocycles. The van der Waals surface area contributed by atoms with Gasteiger partial charge in [0.05, 0.1) is 6.42 Å². The maximum atomic E-state index is 12.0. The fourth-order valence-electron chi connectivity index (χ4n) is 2.59. The molecule has 6 nitrogen and oxygen atoms in total. The van der Waals surface area contributed by atoms with Gasteiger partial charge in [-0.05, 0) is 38.0 Å². The predicted octanol–water partition coefficient (Wildman–Crippen LogP) is 0.997. The topological polar surface area (TPSA) is 78.5 Å². The minimum Gasteiger partial charge on any atom is -0.355 e. The molecule has 0 radical (unpaired) electrons. The van der Waals surface area contributed by atoms with Gasteiger partial charge in [-0.2, -0.15) is 0 Å². The molecule has 0 aromatic heterocycles. The number of nitrogens with one attached hydrogen (secondary N) is 2. The molecule has 0 aliphatic carbocycles. The summed E-state index contributed by atoms with van der Waals surface area (Å²) in [6, 6.07) is 6.86. The number of nitrogens with zero attached hydrogens (tertiary/aromatic N) is 1. The molecule has 0 bridgehead atoms. The maximum absolute atomic E-state index is 12.0. The molecular weight excluding hydrogens is 294 g/mol. The number of rotatable bonds is 6. The molecule has 1 heterocycles. The normalized spacial score (nSPS) is 15.4. The summed E-state index contributed by atoms with van der Waals surface area (Å²) in [7, 11) is 0. The lowest BCUT2D eigenvalue weighted by atomic mass is 10.1. The smallest absolute Gasteiger partial charge is 0.242 e. The summed E-state index contributed by atoms with van der Waals surface area (Å²) in [5, 5.41) is 5.34. The van der Waals surface area contributed by atoms with Crippen LogP contribution in [0.2, 0.25) is 0 Å². The number of hydrogen-bond donors (Lipinski definition) is 2. The molecule has 2 rings (SSSR count). The number of carbonyl (C=O) groups excluding carboxylic acids is 3. The standard InChI is InChI=1S/C17H23N3O3/c1-3-18-17(23)12(2)19-15(21)11-13-6-8-14(9-7-13)20-10-4-5-16(20)22/h6-9,12H,3-5,10-11H2,1-2H3,(H,18,23)(H,19,21)/t12-/m0/s1. The second kappa shape index (κ2) is 7.76. The average molecular weight is 317 g/mol. The minimum atomic E-state index is -0.552. The molecule has 0 unspecified atom stereocenters. The first-order valence-corrected chi connectivity index (χ1v) is 7.97. The van der Waals surface area contributed by atoms with Crippen LogP contribution in [0.25, 0.3) is 0 Å². The summed E-state index contributed by atoms with van der Waals surface area (Å²) in [5.41, 5.74) is 1.72. The first-order chi connectivity index (χ1) is 11.0. The van der Waals surface area contributed by atoms with Gasteiger partial charge in [0.15, 0.2) is 0 Å². The molecule has 23 heavy (non-hydrogen) atoms. The number of amides is 3. The van der Waals surface area contributed by atoms with E-state index in [-0.39, 0.29) is 24.1 Å². The Morgan fingerprint density at radius 3 is 2.52 bits per heavy atom. The van der Waals surface area contributed by atoms with Gasteiger partial charge in [0.25, 0.3) is 0 Å². The van der Waals surface area contributed by atoms with E-state index in [1.165, 1.54) is 0 Å². The van der Waals surface area contributed by atoms with E-state index in [0.29, 0.717) is 13.0 Å². The third-order valence-corrected chi connectivity index (χ3v) is 3.81. The zero-order valence-electron chi connectivity index (χ0n) is 13.6. The zero-order chi connectivity index (χ0) is 16.8. The Morgan fingerprint density at radius 1 is 1.26 bits per heavy atom. The van der Waals surface area contributed by atoms with E-state index < -0.39 is 6.04 Å². The summed E-state index contributed by atoms with van der Waals surface area (Å²) in [5.74, 6) is -0.247. The molecule has 1 atom stereocenters. The van der Waals surface area contributed by atoms with Crippen molar-refractivity contribution in [2.45, 2.75) is 39.2 Å². The van der Waals surface area contributed by atoms with Crippen LogP contribution < -0.4 is 15.5 Å². The van der Waals surface area contributed by atoms with Crippen LogP contribution >= 0.6 is 0 Å². The van der Waals surface area contributed by atoms with E-state index in [2.05, 4.69) is 10.6 Å². The molecule has 6 heteroatoms. The van der Waals surface area contributed by atoms with Crippen molar-refractivity contribution in [2.75, 3.05) is 18.0 Å². The Morgan fingerprint density at radius 2 is 1.96 bits per heavy atom. The molecule has 3 amide bonds. The summed E-state index contributed by atoms with van der Waals surface area (Å²) < 4.78 is 0. The van der Waals surface area contributed by atoms with Crippen molar-refractivity contribution in [3.8, 4) is 0 Å². The average Bonchev–Trinajstić information content (AvgIpc) is 2.94. The van der Waals surface area contributed by atoms with E-state index >= 15 is 0 Å². The zero-order valence-corrected chi connectivity index (χ0v) is 13.6. The molecule has 124 valence electrons.